The molecule has 126 valence electrons. The largest absolute Gasteiger partial charge is 0.499 e. The number of benzene rings is 1. The Morgan fingerprint density at radius 2 is 2.17 bits per heavy atom. The van der Waals surface area contributed by atoms with Crippen molar-refractivity contribution in [3.05, 3.63) is 58.1 Å². The molecule has 1 saturated carbocycles. The minimum Gasteiger partial charge on any atom is -0.499 e. The van der Waals surface area contributed by atoms with E-state index < -0.39 is 11.4 Å². The molecule has 1 aliphatic rings. The highest BCUT2D eigenvalue weighted by atomic mass is 16.5. The molecular formula is C18H19NO5. The average Bonchev–Trinajstić information content (AvgIpc) is 3.40. The summed E-state index contributed by atoms with van der Waals surface area (Å²) in [6, 6.07) is 5.83. The van der Waals surface area contributed by atoms with E-state index in [9.17, 15) is 14.7 Å². The molecule has 2 aromatic rings. The lowest BCUT2D eigenvalue weighted by Gasteiger charge is -2.12. The number of pyridine rings is 1. The molecule has 1 aliphatic carbocycles. The molecule has 1 fully saturated rings. The van der Waals surface area contributed by atoms with Gasteiger partial charge in [-0.25, -0.2) is 4.79 Å². The third-order valence-electron chi connectivity index (χ3n) is 4.02. The molecule has 0 saturated heterocycles. The second-order valence-electron chi connectivity index (χ2n) is 5.84. The molecule has 1 aromatic heterocycles. The van der Waals surface area contributed by atoms with Crippen LogP contribution in [0.25, 0.3) is 10.9 Å². The maximum absolute atomic E-state index is 12.5. The van der Waals surface area contributed by atoms with Crippen LogP contribution in [0.5, 0.6) is 0 Å². The molecule has 1 heterocycles. The Morgan fingerprint density at radius 3 is 2.83 bits per heavy atom. The number of nitrogens with zero attached hydrogens (tertiary/aromatic N) is 1. The third-order valence-corrected chi connectivity index (χ3v) is 4.02. The Labute approximate surface area is 138 Å². The van der Waals surface area contributed by atoms with E-state index in [1.54, 1.807) is 12.1 Å². The zero-order valence-corrected chi connectivity index (χ0v) is 13.1. The number of aromatic nitrogens is 1. The van der Waals surface area contributed by atoms with Gasteiger partial charge in [-0.15, -0.1) is 0 Å². The molecule has 2 N–H and O–H groups in total. The van der Waals surface area contributed by atoms with Crippen LogP contribution in [-0.4, -0.2) is 34.0 Å². The Hall–Kier alpha value is -2.60. The van der Waals surface area contributed by atoms with Crippen molar-refractivity contribution in [2.45, 2.75) is 25.3 Å². The Balaban J connectivity index is 1.98. The summed E-state index contributed by atoms with van der Waals surface area (Å²) < 4.78 is 6.96. The number of fused-ring (bicyclic) bond motifs is 1. The quantitative estimate of drug-likeness (QED) is 0.600. The van der Waals surface area contributed by atoms with Crippen LogP contribution in [0.15, 0.2) is 41.5 Å². The van der Waals surface area contributed by atoms with Crippen molar-refractivity contribution in [1.82, 2.24) is 4.57 Å². The third kappa shape index (κ3) is 3.33. The summed E-state index contributed by atoms with van der Waals surface area (Å²) >= 11 is 0. The molecule has 0 bridgehead atoms. The van der Waals surface area contributed by atoms with Gasteiger partial charge >= 0.3 is 5.97 Å². The number of carboxylic acid groups (broad SMARTS) is 1. The summed E-state index contributed by atoms with van der Waals surface area (Å²) in [6.45, 7) is 0.196. The molecule has 1 aromatic carbocycles. The van der Waals surface area contributed by atoms with Crippen molar-refractivity contribution in [3.8, 4) is 0 Å². The normalized spacial score (nSPS) is 14.4. The molecule has 6 nitrogen and oxygen atoms in total. The SMILES string of the molecule is O=C(O)c1cn(C2CC2)c2ccc(C/C=C/OCCO)cc2c1=O. The number of carbonyl (C=O) groups is 1. The monoisotopic (exact) mass is 329 g/mol. The molecule has 24 heavy (non-hydrogen) atoms. The lowest BCUT2D eigenvalue weighted by atomic mass is 10.1. The van der Waals surface area contributed by atoms with E-state index in [-0.39, 0.29) is 24.8 Å². The van der Waals surface area contributed by atoms with Gasteiger partial charge < -0.3 is 19.5 Å². The molecular weight excluding hydrogens is 310 g/mol. The molecule has 0 amide bonds. The van der Waals surface area contributed by atoms with Gasteiger partial charge in [0, 0.05) is 17.6 Å². The second kappa shape index (κ2) is 6.88. The summed E-state index contributed by atoms with van der Waals surface area (Å²) in [6.07, 6.45) is 7.33. The summed E-state index contributed by atoms with van der Waals surface area (Å²) in [5.74, 6) is -1.20. The fraction of sp³-hybridized carbons (Fsp3) is 0.333. The first-order valence-electron chi connectivity index (χ1n) is 7.90. The Morgan fingerprint density at radius 1 is 1.38 bits per heavy atom. The van der Waals surface area contributed by atoms with Crippen LogP contribution < -0.4 is 5.43 Å². The van der Waals surface area contributed by atoms with Crippen LogP contribution in [0.2, 0.25) is 0 Å². The second-order valence-corrected chi connectivity index (χ2v) is 5.84. The van der Waals surface area contributed by atoms with E-state index in [2.05, 4.69) is 0 Å². The molecule has 0 unspecified atom stereocenters. The first-order chi connectivity index (χ1) is 11.6. The smallest absolute Gasteiger partial charge is 0.341 e. The van der Waals surface area contributed by atoms with Crippen molar-refractivity contribution in [1.29, 1.82) is 0 Å². The number of carboxylic acids is 1. The van der Waals surface area contributed by atoms with E-state index in [4.69, 9.17) is 9.84 Å². The number of aliphatic hydroxyl groups excluding tert-OH is 1. The van der Waals surface area contributed by atoms with Crippen LogP contribution >= 0.6 is 0 Å². The van der Waals surface area contributed by atoms with Crippen LogP contribution in [0.1, 0.15) is 34.8 Å². The van der Waals surface area contributed by atoms with E-state index in [0.29, 0.717) is 11.8 Å². The Kier molecular flexibility index (Phi) is 4.66. The van der Waals surface area contributed by atoms with Gasteiger partial charge in [-0.3, -0.25) is 4.79 Å². The summed E-state index contributed by atoms with van der Waals surface area (Å²) in [4.78, 5) is 23.8. The van der Waals surface area contributed by atoms with Crippen molar-refractivity contribution in [2.75, 3.05) is 13.2 Å². The van der Waals surface area contributed by atoms with Crippen LogP contribution in [0.3, 0.4) is 0 Å². The van der Waals surface area contributed by atoms with Crippen molar-refractivity contribution in [3.63, 3.8) is 0 Å². The van der Waals surface area contributed by atoms with Gasteiger partial charge in [0.2, 0.25) is 5.43 Å². The maximum Gasteiger partial charge on any atom is 0.341 e. The fourth-order valence-corrected chi connectivity index (χ4v) is 2.71. The zero-order valence-electron chi connectivity index (χ0n) is 13.1. The molecule has 3 rings (SSSR count). The minimum atomic E-state index is -1.20. The van der Waals surface area contributed by atoms with Gasteiger partial charge in [0.15, 0.2) is 0 Å². The highest BCUT2D eigenvalue weighted by Gasteiger charge is 2.26. The maximum atomic E-state index is 12.5. The predicted molar refractivity (Wildman–Crippen MR) is 89.3 cm³/mol. The Bertz CT molecular complexity index is 848. The molecule has 6 heteroatoms. The van der Waals surface area contributed by atoms with Gasteiger partial charge in [-0.05, 0) is 43.0 Å². The van der Waals surface area contributed by atoms with Crippen LogP contribution in [0.4, 0.5) is 0 Å². The standard InChI is InChI=1S/C18H19NO5/c20-7-9-24-8-1-2-12-3-6-16-14(10-12)17(21)15(18(22)23)11-19(16)13-4-5-13/h1,3,6,8,10-11,13,20H,2,4-5,7,9H2,(H,22,23)/b8-1+. The zero-order chi connectivity index (χ0) is 17.1. The highest BCUT2D eigenvalue weighted by molar-refractivity contribution is 5.92. The van der Waals surface area contributed by atoms with Gasteiger partial charge in [0.25, 0.3) is 0 Å². The average molecular weight is 329 g/mol. The van der Waals surface area contributed by atoms with Gasteiger partial charge in [-0.1, -0.05) is 6.07 Å². The number of aromatic carboxylic acids is 1. The summed E-state index contributed by atoms with van der Waals surface area (Å²) in [5, 5.41) is 18.4. The predicted octanol–water partition coefficient (Wildman–Crippen LogP) is 2.10. The highest BCUT2D eigenvalue weighted by Crippen LogP contribution is 2.37. The number of allylic oxidation sites excluding steroid dienone is 1. The van der Waals surface area contributed by atoms with Crippen molar-refractivity contribution < 1.29 is 19.7 Å². The number of rotatable bonds is 7. The number of hydrogen-bond donors (Lipinski definition) is 2. The number of aliphatic hydroxyl groups is 1. The van der Waals surface area contributed by atoms with E-state index >= 15 is 0 Å². The van der Waals surface area contributed by atoms with E-state index in [1.165, 1.54) is 12.5 Å². The van der Waals surface area contributed by atoms with Crippen LogP contribution in [0, 0.1) is 0 Å². The van der Waals surface area contributed by atoms with Gasteiger partial charge in [0.05, 0.1) is 18.4 Å². The fourth-order valence-electron chi connectivity index (χ4n) is 2.71. The van der Waals surface area contributed by atoms with Crippen LogP contribution in [-0.2, 0) is 11.2 Å². The minimum absolute atomic E-state index is 0.0427. The van der Waals surface area contributed by atoms with E-state index in [1.807, 2.05) is 16.7 Å². The molecule has 0 spiro atoms. The number of ether oxygens (including phenoxy) is 1. The number of hydrogen-bond acceptors (Lipinski definition) is 4. The summed E-state index contributed by atoms with van der Waals surface area (Å²) in [5.41, 5.74) is 1.04. The molecule has 0 atom stereocenters. The molecule has 0 radical (unpaired) electrons. The van der Waals surface area contributed by atoms with Crippen molar-refractivity contribution in [2.24, 2.45) is 0 Å². The van der Waals surface area contributed by atoms with Crippen molar-refractivity contribution >= 4 is 16.9 Å². The topological polar surface area (TPSA) is 88.8 Å². The van der Waals surface area contributed by atoms with Gasteiger partial charge in [-0.2, -0.15) is 0 Å². The first kappa shape index (κ1) is 16.3. The molecule has 0 aliphatic heterocycles. The van der Waals surface area contributed by atoms with Gasteiger partial charge in [0.1, 0.15) is 12.2 Å². The first-order valence-corrected chi connectivity index (χ1v) is 7.90. The lowest BCUT2D eigenvalue weighted by molar-refractivity contribution is 0.0695. The summed E-state index contributed by atoms with van der Waals surface area (Å²) in [7, 11) is 0. The van der Waals surface area contributed by atoms with E-state index in [0.717, 1.165) is 23.9 Å². The lowest BCUT2D eigenvalue weighted by Crippen LogP contribution is -2.18.